The summed E-state index contributed by atoms with van der Waals surface area (Å²) in [5.74, 6) is -3.25. The van der Waals surface area contributed by atoms with Gasteiger partial charge in [-0.3, -0.25) is 4.79 Å². The van der Waals surface area contributed by atoms with Gasteiger partial charge in [0, 0.05) is 68.5 Å². The van der Waals surface area contributed by atoms with E-state index in [9.17, 15) is 19.1 Å². The minimum atomic E-state index is -1.31. The second-order valence-corrected chi connectivity index (χ2v) is 10.6. The number of aromatic nitrogens is 4. The first-order chi connectivity index (χ1) is 19.9. The molecule has 10 nitrogen and oxygen atoms in total. The van der Waals surface area contributed by atoms with E-state index in [1.54, 1.807) is 30.1 Å². The molecule has 0 radical (unpaired) electrons. The van der Waals surface area contributed by atoms with Crippen LogP contribution in [0.3, 0.4) is 0 Å². The van der Waals surface area contributed by atoms with Gasteiger partial charge >= 0.3 is 5.97 Å². The number of carbonyl (C=O) groups is 1. The van der Waals surface area contributed by atoms with E-state index in [0.29, 0.717) is 64.3 Å². The number of anilines is 2. The molecule has 1 aromatic carbocycles. The number of aromatic amines is 1. The quantitative estimate of drug-likeness (QED) is 0.252. The maximum Gasteiger partial charge on any atom is 0.341 e. The van der Waals surface area contributed by atoms with Crippen LogP contribution in [0.1, 0.15) is 35.7 Å². The van der Waals surface area contributed by atoms with Crippen LogP contribution in [-0.4, -0.2) is 63.8 Å². The Labute approximate surface area is 232 Å². The molecule has 4 aromatic heterocycles. The van der Waals surface area contributed by atoms with Gasteiger partial charge in [0.25, 0.3) is 0 Å². The van der Waals surface area contributed by atoms with E-state index in [0.717, 1.165) is 31.9 Å². The van der Waals surface area contributed by atoms with Crippen molar-refractivity contribution in [1.29, 1.82) is 0 Å². The molecular formula is C29H27F2N7O3. The molecule has 0 aliphatic carbocycles. The van der Waals surface area contributed by atoms with Gasteiger partial charge in [0.05, 0.1) is 33.1 Å². The molecule has 0 spiro atoms. The maximum atomic E-state index is 15.5. The highest BCUT2D eigenvalue weighted by Gasteiger charge is 2.28. The first-order valence-corrected chi connectivity index (χ1v) is 13.6. The van der Waals surface area contributed by atoms with Crippen molar-refractivity contribution in [2.24, 2.45) is 0 Å². The van der Waals surface area contributed by atoms with Gasteiger partial charge in [0.1, 0.15) is 16.9 Å². The van der Waals surface area contributed by atoms with Crippen molar-refractivity contribution in [1.82, 2.24) is 24.8 Å². The summed E-state index contributed by atoms with van der Waals surface area (Å²) in [6, 6.07) is 2.71. The van der Waals surface area contributed by atoms with Gasteiger partial charge in [0.15, 0.2) is 11.6 Å². The van der Waals surface area contributed by atoms with Crippen LogP contribution in [0.4, 0.5) is 20.2 Å². The van der Waals surface area contributed by atoms with Crippen LogP contribution in [0.2, 0.25) is 0 Å². The Balaban J connectivity index is 1.54. The van der Waals surface area contributed by atoms with Crippen LogP contribution in [0.5, 0.6) is 0 Å². The lowest BCUT2D eigenvalue weighted by atomic mass is 10.0. The topological polar surface area (TPSA) is 128 Å². The molecule has 1 unspecified atom stereocenters. The minimum Gasteiger partial charge on any atom is -0.477 e. The third-order valence-corrected chi connectivity index (χ3v) is 8.29. The zero-order valence-electron chi connectivity index (χ0n) is 22.2. The average molecular weight is 560 g/mol. The lowest BCUT2D eigenvalue weighted by Gasteiger charge is -2.23. The highest BCUT2D eigenvalue weighted by atomic mass is 19.2. The van der Waals surface area contributed by atoms with Crippen molar-refractivity contribution in [3.05, 3.63) is 58.1 Å². The van der Waals surface area contributed by atoms with Gasteiger partial charge in [-0.2, -0.15) is 0 Å². The third kappa shape index (κ3) is 3.85. The standard InChI is InChI=1S/C29H27F2N7O3/c1-32-20-9-19(30)23(31)21-22-25(37-6-2-3-7-37)17(12-34-27(22)36-24(20)21)14-8-16-26(39)18(29(40)41)13-38(28(16)35-10-14)15-4-5-33-11-15/h8-10,12-13,15,32-33H,2-7,11H2,1H3,(H,34,36)(H,40,41). The monoisotopic (exact) mass is 559 g/mol. The van der Waals surface area contributed by atoms with Crippen molar-refractivity contribution in [2.45, 2.75) is 25.3 Å². The molecule has 0 amide bonds. The Morgan fingerprint density at radius 1 is 1.15 bits per heavy atom. The van der Waals surface area contributed by atoms with Crippen molar-refractivity contribution < 1.29 is 18.7 Å². The molecule has 5 aromatic rings. The Bertz CT molecular complexity index is 1940. The number of benzene rings is 1. The number of H-pyrrole nitrogens is 1. The summed E-state index contributed by atoms with van der Waals surface area (Å²) in [6.45, 7) is 2.83. The van der Waals surface area contributed by atoms with Crippen LogP contribution in [0.25, 0.3) is 44.1 Å². The number of aromatic carboxylic acids is 1. The average Bonchev–Trinajstić information content (AvgIpc) is 3.76. The Hall–Kier alpha value is -4.58. The van der Waals surface area contributed by atoms with Crippen LogP contribution in [0, 0.1) is 11.6 Å². The molecule has 210 valence electrons. The van der Waals surface area contributed by atoms with Gasteiger partial charge < -0.3 is 30.2 Å². The molecule has 0 saturated carbocycles. The summed E-state index contributed by atoms with van der Waals surface area (Å²) in [4.78, 5) is 39.9. The van der Waals surface area contributed by atoms with E-state index < -0.39 is 23.0 Å². The second kappa shape index (κ2) is 9.51. The molecule has 2 aliphatic rings. The molecule has 1 atom stereocenters. The maximum absolute atomic E-state index is 15.5. The zero-order valence-corrected chi connectivity index (χ0v) is 22.2. The summed E-state index contributed by atoms with van der Waals surface area (Å²) in [7, 11) is 1.64. The largest absolute Gasteiger partial charge is 0.477 e. The molecule has 2 fully saturated rings. The van der Waals surface area contributed by atoms with Crippen LogP contribution in [-0.2, 0) is 0 Å². The molecule has 4 N–H and O–H groups in total. The van der Waals surface area contributed by atoms with Crippen molar-refractivity contribution in [2.75, 3.05) is 43.4 Å². The number of halogens is 2. The normalized spacial score (nSPS) is 17.3. The molecule has 12 heteroatoms. The van der Waals surface area contributed by atoms with Gasteiger partial charge in [-0.25, -0.2) is 23.5 Å². The number of rotatable bonds is 5. The molecule has 2 aliphatic heterocycles. The lowest BCUT2D eigenvalue weighted by molar-refractivity contribution is 0.0694. The third-order valence-electron chi connectivity index (χ3n) is 8.29. The number of carboxylic acid groups (broad SMARTS) is 1. The van der Waals surface area contributed by atoms with Gasteiger partial charge in [-0.1, -0.05) is 0 Å². The van der Waals surface area contributed by atoms with E-state index in [2.05, 4.69) is 30.5 Å². The fraction of sp³-hybridized carbons (Fsp3) is 0.310. The predicted molar refractivity (Wildman–Crippen MR) is 153 cm³/mol. The number of fused-ring (bicyclic) bond motifs is 4. The Kier molecular flexibility index (Phi) is 5.89. The van der Waals surface area contributed by atoms with E-state index in [1.807, 2.05) is 0 Å². The highest BCUT2D eigenvalue weighted by Crippen LogP contribution is 2.44. The fourth-order valence-electron chi connectivity index (χ4n) is 6.31. The molecule has 7 rings (SSSR count). The smallest absolute Gasteiger partial charge is 0.341 e. The van der Waals surface area contributed by atoms with Gasteiger partial charge in [0.2, 0.25) is 5.43 Å². The van der Waals surface area contributed by atoms with Crippen LogP contribution >= 0.6 is 0 Å². The van der Waals surface area contributed by atoms with E-state index >= 15 is 4.39 Å². The van der Waals surface area contributed by atoms with Gasteiger partial charge in [-0.15, -0.1) is 0 Å². The summed E-state index contributed by atoms with van der Waals surface area (Å²) in [5.41, 5.74) is 2.45. The van der Waals surface area contributed by atoms with Crippen LogP contribution in [0.15, 0.2) is 35.5 Å². The number of carboxylic acids is 1. The summed E-state index contributed by atoms with van der Waals surface area (Å²) < 4.78 is 32.0. The number of nitrogens with one attached hydrogen (secondary N) is 3. The molecular weight excluding hydrogens is 532 g/mol. The summed E-state index contributed by atoms with van der Waals surface area (Å²) >= 11 is 0. The van der Waals surface area contributed by atoms with Crippen LogP contribution < -0.4 is 21.0 Å². The molecule has 2 saturated heterocycles. The highest BCUT2D eigenvalue weighted by molar-refractivity contribution is 6.18. The SMILES string of the molecule is CNc1cc(F)c(F)c2c1[nH]c1ncc(-c3cnc4c(c3)c(=O)c(C(=O)O)cn4C3CCNC3)c(N3CCCC3)c12. The van der Waals surface area contributed by atoms with E-state index in [-0.39, 0.29) is 22.4 Å². The van der Waals surface area contributed by atoms with Crippen molar-refractivity contribution >= 4 is 50.3 Å². The minimum absolute atomic E-state index is 0.0433. The zero-order chi connectivity index (χ0) is 28.4. The summed E-state index contributed by atoms with van der Waals surface area (Å²) in [6.07, 6.45) is 7.29. The first kappa shape index (κ1) is 25.4. The first-order valence-electron chi connectivity index (χ1n) is 13.6. The van der Waals surface area contributed by atoms with E-state index in [1.165, 1.54) is 6.20 Å². The molecule has 6 heterocycles. The number of hydrogen-bond donors (Lipinski definition) is 4. The van der Waals surface area contributed by atoms with Gasteiger partial charge in [-0.05, 0) is 31.9 Å². The number of nitrogens with zero attached hydrogens (tertiary/aromatic N) is 4. The fourth-order valence-corrected chi connectivity index (χ4v) is 6.31. The summed E-state index contributed by atoms with van der Waals surface area (Å²) in [5, 5.41) is 16.7. The Morgan fingerprint density at radius 3 is 2.66 bits per heavy atom. The molecule has 0 bridgehead atoms. The Morgan fingerprint density at radius 2 is 1.95 bits per heavy atom. The predicted octanol–water partition coefficient (Wildman–Crippen LogP) is 4.25. The lowest BCUT2D eigenvalue weighted by Crippen LogP contribution is -2.23. The van der Waals surface area contributed by atoms with Crippen molar-refractivity contribution in [3.8, 4) is 11.1 Å². The number of pyridine rings is 3. The number of hydrogen-bond acceptors (Lipinski definition) is 7. The molecule has 41 heavy (non-hydrogen) atoms. The van der Waals surface area contributed by atoms with Crippen molar-refractivity contribution in [3.63, 3.8) is 0 Å². The van der Waals surface area contributed by atoms with E-state index in [4.69, 9.17) is 0 Å². The second-order valence-electron chi connectivity index (χ2n) is 10.6.